The van der Waals surface area contributed by atoms with Gasteiger partial charge in [-0.2, -0.15) is 8.78 Å². The van der Waals surface area contributed by atoms with Gasteiger partial charge in [0.25, 0.3) is 5.92 Å². The predicted octanol–water partition coefficient (Wildman–Crippen LogP) is 4.37. The van der Waals surface area contributed by atoms with Crippen LogP contribution in [-0.4, -0.2) is 47.7 Å². The maximum atomic E-state index is 14.0. The molecular formula is C24H29ClF2N6. The van der Waals surface area contributed by atoms with E-state index in [0.29, 0.717) is 11.7 Å². The molecule has 0 amide bonds. The standard InChI is InChI=1S/C24H29ClF2N6/c1-14-3-5-19-17(9-14)16-7-8-33(20(22(16)30-19)13-29-12-15-10-28-11-15)32-21-6-4-18(25)23(31-21)24(2,26)27/h3-6,9,15,20,28-30H,7-8,10-13H2,1-2H3,(H,31,32). The molecule has 4 N–H and O–H groups in total. The molecule has 9 heteroatoms. The second-order valence-electron chi connectivity index (χ2n) is 9.24. The summed E-state index contributed by atoms with van der Waals surface area (Å²) < 4.78 is 27.9. The highest BCUT2D eigenvalue weighted by atomic mass is 35.5. The van der Waals surface area contributed by atoms with Gasteiger partial charge in [-0.25, -0.2) is 9.99 Å². The van der Waals surface area contributed by atoms with E-state index >= 15 is 0 Å². The highest BCUT2D eigenvalue weighted by Crippen LogP contribution is 2.36. The largest absolute Gasteiger partial charge is 0.357 e. The number of aryl methyl sites for hydroxylation is 1. The molecule has 4 heterocycles. The molecule has 0 aliphatic carbocycles. The Labute approximate surface area is 197 Å². The summed E-state index contributed by atoms with van der Waals surface area (Å²) in [7, 11) is 0. The van der Waals surface area contributed by atoms with E-state index in [0.717, 1.165) is 57.3 Å². The van der Waals surface area contributed by atoms with E-state index in [1.165, 1.54) is 22.6 Å². The van der Waals surface area contributed by atoms with Crippen LogP contribution in [-0.2, 0) is 12.3 Å². The van der Waals surface area contributed by atoms with Crippen molar-refractivity contribution >= 4 is 28.3 Å². The first-order valence-electron chi connectivity index (χ1n) is 11.4. The molecule has 1 fully saturated rings. The van der Waals surface area contributed by atoms with Crippen LogP contribution in [0.25, 0.3) is 10.9 Å². The quantitative estimate of drug-likeness (QED) is 0.409. The van der Waals surface area contributed by atoms with Crippen LogP contribution in [0.2, 0.25) is 5.02 Å². The molecule has 6 nitrogen and oxygen atoms in total. The summed E-state index contributed by atoms with van der Waals surface area (Å²) in [6.07, 6.45) is 0.846. The van der Waals surface area contributed by atoms with Gasteiger partial charge in [0.2, 0.25) is 0 Å². The first-order valence-corrected chi connectivity index (χ1v) is 11.8. The first-order chi connectivity index (χ1) is 15.8. The number of rotatable bonds is 7. The minimum Gasteiger partial charge on any atom is -0.357 e. The number of pyridine rings is 1. The van der Waals surface area contributed by atoms with E-state index < -0.39 is 11.6 Å². The molecule has 3 aromatic rings. The molecule has 1 unspecified atom stereocenters. The van der Waals surface area contributed by atoms with Crippen molar-refractivity contribution < 1.29 is 8.78 Å². The fourth-order valence-electron chi connectivity index (χ4n) is 4.70. The Hall–Kier alpha value is -2.26. The zero-order valence-electron chi connectivity index (χ0n) is 18.8. The summed E-state index contributed by atoms with van der Waals surface area (Å²) in [6, 6.07) is 9.59. The number of benzene rings is 1. The number of alkyl halides is 2. The Kier molecular flexibility index (Phi) is 6.03. The summed E-state index contributed by atoms with van der Waals surface area (Å²) in [5.74, 6) is -2.11. The van der Waals surface area contributed by atoms with Gasteiger partial charge in [-0.1, -0.05) is 23.2 Å². The van der Waals surface area contributed by atoms with Crippen LogP contribution in [0, 0.1) is 12.8 Å². The van der Waals surface area contributed by atoms with Crippen LogP contribution in [0.1, 0.15) is 35.5 Å². The Morgan fingerprint density at radius 2 is 2.03 bits per heavy atom. The topological polar surface area (TPSA) is 68.0 Å². The fraction of sp³-hybridized carbons (Fsp3) is 0.458. The van der Waals surface area contributed by atoms with Crippen molar-refractivity contribution in [2.24, 2.45) is 5.92 Å². The summed E-state index contributed by atoms with van der Waals surface area (Å²) in [6.45, 7) is 7.40. The van der Waals surface area contributed by atoms with Crippen molar-refractivity contribution in [3.8, 4) is 0 Å². The van der Waals surface area contributed by atoms with E-state index in [4.69, 9.17) is 11.6 Å². The second-order valence-corrected chi connectivity index (χ2v) is 9.64. The van der Waals surface area contributed by atoms with E-state index in [-0.39, 0.29) is 11.1 Å². The number of aromatic amines is 1. The number of fused-ring (bicyclic) bond motifs is 3. The molecule has 2 aliphatic heterocycles. The minimum atomic E-state index is -3.11. The average Bonchev–Trinajstić information content (AvgIpc) is 3.09. The number of nitrogens with zero attached hydrogens (tertiary/aromatic N) is 2. The normalized spacial score (nSPS) is 19.5. The molecule has 0 radical (unpaired) electrons. The molecule has 1 saturated heterocycles. The highest BCUT2D eigenvalue weighted by Gasteiger charge is 2.33. The zero-order chi connectivity index (χ0) is 23.2. The van der Waals surface area contributed by atoms with E-state index in [1.807, 2.05) is 0 Å². The third-order valence-electron chi connectivity index (χ3n) is 6.56. The van der Waals surface area contributed by atoms with E-state index in [9.17, 15) is 8.78 Å². The number of anilines is 1. The Balaban J connectivity index is 1.44. The Morgan fingerprint density at radius 1 is 1.21 bits per heavy atom. The summed E-state index contributed by atoms with van der Waals surface area (Å²) in [5, 5.41) is 10.2. The molecule has 2 aromatic heterocycles. The third kappa shape index (κ3) is 4.57. The number of nitrogens with one attached hydrogen (secondary N) is 4. The molecule has 0 saturated carbocycles. The van der Waals surface area contributed by atoms with Gasteiger partial charge < -0.3 is 21.0 Å². The van der Waals surface area contributed by atoms with Crippen LogP contribution in [0.15, 0.2) is 30.3 Å². The molecule has 176 valence electrons. The van der Waals surface area contributed by atoms with E-state index in [2.05, 4.69) is 56.2 Å². The number of hydrogen-bond donors (Lipinski definition) is 4. The third-order valence-corrected chi connectivity index (χ3v) is 6.87. The fourth-order valence-corrected chi connectivity index (χ4v) is 4.97. The molecule has 2 aliphatic rings. The van der Waals surface area contributed by atoms with Gasteiger partial charge in [0.05, 0.1) is 11.1 Å². The van der Waals surface area contributed by atoms with Crippen LogP contribution in [0.5, 0.6) is 0 Å². The molecule has 1 atom stereocenters. The molecule has 5 rings (SSSR count). The van der Waals surface area contributed by atoms with Crippen molar-refractivity contribution in [3.05, 3.63) is 57.9 Å². The molecule has 0 spiro atoms. The minimum absolute atomic E-state index is 0.00226. The van der Waals surface area contributed by atoms with Gasteiger partial charge in [0, 0.05) is 56.2 Å². The number of halogens is 3. The van der Waals surface area contributed by atoms with Crippen LogP contribution >= 0.6 is 11.6 Å². The monoisotopic (exact) mass is 474 g/mol. The number of hydrazine groups is 1. The second kappa shape index (κ2) is 8.83. The summed E-state index contributed by atoms with van der Waals surface area (Å²) in [5.41, 5.74) is 7.71. The Morgan fingerprint density at radius 3 is 2.76 bits per heavy atom. The Bertz CT molecular complexity index is 1150. The smallest absolute Gasteiger partial charge is 0.288 e. The van der Waals surface area contributed by atoms with Crippen LogP contribution in [0.3, 0.4) is 0 Å². The van der Waals surface area contributed by atoms with Gasteiger partial charge in [-0.3, -0.25) is 0 Å². The number of hydrogen-bond acceptors (Lipinski definition) is 5. The van der Waals surface area contributed by atoms with Crippen LogP contribution < -0.4 is 16.1 Å². The van der Waals surface area contributed by atoms with Crippen molar-refractivity contribution in [1.82, 2.24) is 25.6 Å². The van der Waals surface area contributed by atoms with Gasteiger partial charge >= 0.3 is 0 Å². The SMILES string of the molecule is Cc1ccc2[nH]c3c(c2c1)CCN(Nc1ccc(Cl)c(C(C)(F)F)n1)C3CNCC1CNC1. The number of H-pyrrole nitrogens is 1. The van der Waals surface area contributed by atoms with Gasteiger partial charge in [-0.05, 0) is 49.1 Å². The first kappa shape index (κ1) is 22.5. The van der Waals surface area contributed by atoms with Crippen molar-refractivity contribution in [1.29, 1.82) is 0 Å². The average molecular weight is 475 g/mol. The van der Waals surface area contributed by atoms with E-state index in [1.54, 1.807) is 6.07 Å². The summed E-state index contributed by atoms with van der Waals surface area (Å²) >= 11 is 5.99. The number of aromatic nitrogens is 2. The van der Waals surface area contributed by atoms with Gasteiger partial charge in [0.1, 0.15) is 11.5 Å². The molecule has 1 aromatic carbocycles. The van der Waals surface area contributed by atoms with Crippen molar-refractivity contribution in [3.63, 3.8) is 0 Å². The van der Waals surface area contributed by atoms with Crippen LogP contribution in [0.4, 0.5) is 14.6 Å². The lowest BCUT2D eigenvalue weighted by Crippen LogP contribution is -2.49. The predicted molar refractivity (Wildman–Crippen MR) is 128 cm³/mol. The lowest BCUT2D eigenvalue weighted by molar-refractivity contribution is 0.0129. The molecular weight excluding hydrogens is 446 g/mol. The van der Waals surface area contributed by atoms with Gasteiger partial charge in [-0.15, -0.1) is 0 Å². The van der Waals surface area contributed by atoms with Crippen molar-refractivity contribution in [2.75, 3.05) is 38.1 Å². The lowest BCUT2D eigenvalue weighted by Gasteiger charge is -2.37. The maximum Gasteiger partial charge on any atom is 0.288 e. The summed E-state index contributed by atoms with van der Waals surface area (Å²) in [4.78, 5) is 7.76. The van der Waals surface area contributed by atoms with Gasteiger partial charge in [0.15, 0.2) is 0 Å². The van der Waals surface area contributed by atoms with Crippen molar-refractivity contribution in [2.45, 2.75) is 32.2 Å². The lowest BCUT2D eigenvalue weighted by atomic mass is 9.97. The maximum absolute atomic E-state index is 14.0. The molecule has 33 heavy (non-hydrogen) atoms. The molecule has 0 bridgehead atoms. The highest BCUT2D eigenvalue weighted by molar-refractivity contribution is 6.31. The zero-order valence-corrected chi connectivity index (χ0v) is 19.6.